The topological polar surface area (TPSA) is 18.5 Å². The number of alkyl halides is 1. The molecule has 1 unspecified atom stereocenters. The summed E-state index contributed by atoms with van der Waals surface area (Å²) in [5, 5.41) is 1.05. The summed E-state index contributed by atoms with van der Waals surface area (Å²) in [6.07, 6.45) is 5.74. The maximum Gasteiger partial charge on any atom is 0.158 e. The summed E-state index contributed by atoms with van der Waals surface area (Å²) in [4.78, 5) is 0. The summed E-state index contributed by atoms with van der Waals surface area (Å²) in [5.74, 6) is 0. The van der Waals surface area contributed by atoms with Crippen molar-refractivity contribution < 1.29 is 9.47 Å². The van der Waals surface area contributed by atoms with Gasteiger partial charge in [-0.1, -0.05) is 15.9 Å². The van der Waals surface area contributed by atoms with Gasteiger partial charge in [0.05, 0.1) is 5.60 Å². The van der Waals surface area contributed by atoms with Gasteiger partial charge >= 0.3 is 0 Å². The monoisotopic (exact) mass is 264 g/mol. The molecule has 0 N–H and O–H groups in total. The molecule has 0 radical (unpaired) electrons. The van der Waals surface area contributed by atoms with Crippen LogP contribution in [-0.4, -0.2) is 23.8 Å². The van der Waals surface area contributed by atoms with E-state index in [0.29, 0.717) is 0 Å². The highest BCUT2D eigenvalue weighted by molar-refractivity contribution is 9.09. The molecule has 1 fully saturated rings. The van der Waals surface area contributed by atoms with E-state index in [1.165, 1.54) is 12.8 Å². The molecule has 0 bridgehead atoms. The van der Waals surface area contributed by atoms with Gasteiger partial charge in [0.2, 0.25) is 0 Å². The van der Waals surface area contributed by atoms with Crippen LogP contribution in [0.3, 0.4) is 0 Å². The molecule has 1 rings (SSSR count). The highest BCUT2D eigenvalue weighted by atomic mass is 79.9. The van der Waals surface area contributed by atoms with Crippen LogP contribution in [-0.2, 0) is 9.47 Å². The first-order chi connectivity index (χ1) is 6.64. The zero-order valence-electron chi connectivity index (χ0n) is 9.22. The second kappa shape index (κ2) is 6.09. The predicted molar refractivity (Wildman–Crippen MR) is 61.8 cm³/mol. The van der Waals surface area contributed by atoms with Crippen LogP contribution in [0.25, 0.3) is 0 Å². The van der Waals surface area contributed by atoms with Gasteiger partial charge in [-0.05, 0) is 46.0 Å². The number of hydrogen-bond donors (Lipinski definition) is 0. The van der Waals surface area contributed by atoms with Crippen molar-refractivity contribution in [3.05, 3.63) is 0 Å². The average Bonchev–Trinajstić information content (AvgIpc) is 2.16. The minimum atomic E-state index is -0.0459. The third-order valence-electron chi connectivity index (χ3n) is 2.50. The molecule has 14 heavy (non-hydrogen) atoms. The first-order valence-corrected chi connectivity index (χ1v) is 6.61. The van der Waals surface area contributed by atoms with Crippen LogP contribution in [0.4, 0.5) is 0 Å². The van der Waals surface area contributed by atoms with Crippen molar-refractivity contribution in [3.63, 3.8) is 0 Å². The van der Waals surface area contributed by atoms with Crippen molar-refractivity contribution in [1.82, 2.24) is 0 Å². The van der Waals surface area contributed by atoms with Crippen molar-refractivity contribution in [2.24, 2.45) is 0 Å². The van der Waals surface area contributed by atoms with E-state index >= 15 is 0 Å². The second-order valence-electron chi connectivity index (χ2n) is 4.47. The Balaban J connectivity index is 2.25. The van der Waals surface area contributed by atoms with Gasteiger partial charge < -0.3 is 9.47 Å². The molecule has 1 heterocycles. The third-order valence-corrected chi connectivity index (χ3v) is 3.06. The summed E-state index contributed by atoms with van der Waals surface area (Å²) in [7, 11) is 0. The molecule has 0 aromatic heterocycles. The Hall–Kier alpha value is 0.400. The molecule has 1 aliphatic heterocycles. The number of hydrogen-bond acceptors (Lipinski definition) is 2. The fourth-order valence-corrected chi connectivity index (χ4v) is 1.99. The van der Waals surface area contributed by atoms with E-state index in [9.17, 15) is 0 Å². The predicted octanol–water partition coefficient (Wildman–Crippen LogP) is 3.48. The average molecular weight is 265 g/mol. The SMILES string of the molecule is CC(C)(CCCBr)OC1CCCCO1. The van der Waals surface area contributed by atoms with E-state index in [1.54, 1.807) is 0 Å². The first-order valence-electron chi connectivity index (χ1n) is 5.49. The normalized spacial score (nSPS) is 23.8. The van der Waals surface area contributed by atoms with E-state index in [0.717, 1.165) is 31.2 Å². The van der Waals surface area contributed by atoms with Crippen LogP contribution in [0.2, 0.25) is 0 Å². The molecule has 1 aliphatic rings. The Labute approximate surface area is 95.5 Å². The molecular formula is C11H21BrO2. The van der Waals surface area contributed by atoms with Crippen molar-refractivity contribution in [1.29, 1.82) is 0 Å². The van der Waals surface area contributed by atoms with E-state index in [2.05, 4.69) is 29.8 Å². The summed E-state index contributed by atoms with van der Waals surface area (Å²) in [6, 6.07) is 0. The van der Waals surface area contributed by atoms with Gasteiger partial charge in [-0.3, -0.25) is 0 Å². The molecule has 1 atom stereocenters. The molecule has 1 saturated heterocycles. The molecule has 3 heteroatoms. The zero-order valence-corrected chi connectivity index (χ0v) is 10.8. The lowest BCUT2D eigenvalue weighted by Crippen LogP contribution is -2.34. The highest BCUT2D eigenvalue weighted by Crippen LogP contribution is 2.24. The lowest BCUT2D eigenvalue weighted by Gasteiger charge is -2.32. The van der Waals surface area contributed by atoms with E-state index in [1.807, 2.05) is 0 Å². The summed E-state index contributed by atoms with van der Waals surface area (Å²) in [5.41, 5.74) is -0.0459. The van der Waals surface area contributed by atoms with Crippen LogP contribution in [0.15, 0.2) is 0 Å². The van der Waals surface area contributed by atoms with Crippen molar-refractivity contribution in [2.45, 2.75) is 57.8 Å². The minimum absolute atomic E-state index is 0.0362. The summed E-state index contributed by atoms with van der Waals surface area (Å²) in [6.45, 7) is 5.15. The number of halogens is 1. The van der Waals surface area contributed by atoms with Gasteiger partial charge in [-0.2, -0.15) is 0 Å². The van der Waals surface area contributed by atoms with Gasteiger partial charge in [0, 0.05) is 11.9 Å². The lowest BCUT2D eigenvalue weighted by molar-refractivity contribution is -0.216. The molecular weight excluding hydrogens is 244 g/mol. The van der Waals surface area contributed by atoms with Crippen molar-refractivity contribution in [3.8, 4) is 0 Å². The van der Waals surface area contributed by atoms with Crippen LogP contribution >= 0.6 is 15.9 Å². The van der Waals surface area contributed by atoms with E-state index in [-0.39, 0.29) is 11.9 Å². The maximum atomic E-state index is 5.94. The fraction of sp³-hybridized carbons (Fsp3) is 1.00. The number of ether oxygens (including phenoxy) is 2. The van der Waals surface area contributed by atoms with Gasteiger partial charge in [0.25, 0.3) is 0 Å². The molecule has 0 aromatic carbocycles. The van der Waals surface area contributed by atoms with Crippen LogP contribution < -0.4 is 0 Å². The highest BCUT2D eigenvalue weighted by Gasteiger charge is 2.24. The van der Waals surface area contributed by atoms with Crippen LogP contribution in [0.5, 0.6) is 0 Å². The Kier molecular flexibility index (Phi) is 5.42. The molecule has 0 aromatic rings. The first kappa shape index (κ1) is 12.5. The van der Waals surface area contributed by atoms with Crippen LogP contribution in [0.1, 0.15) is 46.0 Å². The van der Waals surface area contributed by atoms with Crippen LogP contribution in [0, 0.1) is 0 Å². The summed E-state index contributed by atoms with van der Waals surface area (Å²) < 4.78 is 11.5. The molecule has 0 amide bonds. The Morgan fingerprint density at radius 1 is 1.43 bits per heavy atom. The fourth-order valence-electron chi connectivity index (χ4n) is 1.71. The van der Waals surface area contributed by atoms with E-state index in [4.69, 9.17) is 9.47 Å². The molecule has 84 valence electrons. The van der Waals surface area contributed by atoms with Gasteiger partial charge in [0.1, 0.15) is 0 Å². The number of rotatable bonds is 5. The quantitative estimate of drug-likeness (QED) is 0.708. The third kappa shape index (κ3) is 4.76. The standard InChI is InChI=1S/C11H21BrO2/c1-11(2,7-5-8-12)14-10-6-3-4-9-13-10/h10H,3-9H2,1-2H3. The van der Waals surface area contributed by atoms with Crippen molar-refractivity contribution >= 4 is 15.9 Å². The lowest BCUT2D eigenvalue weighted by atomic mass is 10.0. The Morgan fingerprint density at radius 2 is 2.21 bits per heavy atom. The molecule has 0 saturated carbocycles. The Bertz CT molecular complexity index is 153. The summed E-state index contributed by atoms with van der Waals surface area (Å²) >= 11 is 3.44. The smallest absolute Gasteiger partial charge is 0.158 e. The maximum absolute atomic E-state index is 5.94. The molecule has 0 aliphatic carbocycles. The van der Waals surface area contributed by atoms with Gasteiger partial charge in [-0.25, -0.2) is 0 Å². The van der Waals surface area contributed by atoms with E-state index < -0.39 is 0 Å². The zero-order chi connectivity index (χ0) is 10.4. The second-order valence-corrected chi connectivity index (χ2v) is 5.26. The van der Waals surface area contributed by atoms with Gasteiger partial charge in [0.15, 0.2) is 6.29 Å². The minimum Gasteiger partial charge on any atom is -0.353 e. The molecule has 0 spiro atoms. The largest absolute Gasteiger partial charge is 0.353 e. The molecule has 2 nitrogen and oxygen atoms in total. The van der Waals surface area contributed by atoms with Gasteiger partial charge in [-0.15, -0.1) is 0 Å². The Morgan fingerprint density at radius 3 is 2.79 bits per heavy atom. The van der Waals surface area contributed by atoms with Crippen molar-refractivity contribution in [2.75, 3.05) is 11.9 Å².